The van der Waals surface area contributed by atoms with Crippen molar-refractivity contribution in [1.29, 1.82) is 0 Å². The Labute approximate surface area is 118 Å². The zero-order valence-corrected chi connectivity index (χ0v) is 12.4. The van der Waals surface area contributed by atoms with Gasteiger partial charge in [-0.05, 0) is 45.1 Å². The Hall–Kier alpha value is -1.04. The number of halogens is 1. The van der Waals surface area contributed by atoms with Gasteiger partial charge in [-0.1, -0.05) is 6.07 Å². The van der Waals surface area contributed by atoms with Crippen LogP contribution in [-0.4, -0.2) is 19.3 Å². The van der Waals surface area contributed by atoms with E-state index >= 15 is 0 Å². The zero-order valence-electron chi connectivity index (χ0n) is 10.0. The summed E-state index contributed by atoms with van der Waals surface area (Å²) in [6, 6.07) is 7.36. The Balaban J connectivity index is 2.34. The van der Waals surface area contributed by atoms with Gasteiger partial charge >= 0.3 is 0 Å². The lowest BCUT2D eigenvalue weighted by molar-refractivity contribution is 0.219. The van der Waals surface area contributed by atoms with Crippen molar-refractivity contribution >= 4 is 27.3 Å². The van der Waals surface area contributed by atoms with Crippen LogP contribution in [0.1, 0.15) is 16.5 Å². The van der Waals surface area contributed by atoms with Gasteiger partial charge in [0.05, 0.1) is 23.6 Å². The number of aliphatic hydroxyl groups is 1. The molecule has 0 amide bonds. The maximum absolute atomic E-state index is 10.3. The highest BCUT2D eigenvalue weighted by Crippen LogP contribution is 2.36. The van der Waals surface area contributed by atoms with Crippen molar-refractivity contribution in [3.05, 3.63) is 44.6 Å². The van der Waals surface area contributed by atoms with E-state index < -0.39 is 6.10 Å². The molecule has 0 saturated heterocycles. The minimum atomic E-state index is -0.692. The maximum atomic E-state index is 10.3. The molecule has 96 valence electrons. The number of ether oxygens (including phenoxy) is 2. The summed E-state index contributed by atoms with van der Waals surface area (Å²) in [5.41, 5.74) is 0.795. The third-order valence-corrected chi connectivity index (χ3v) is 4.19. The van der Waals surface area contributed by atoms with Gasteiger partial charge in [0, 0.05) is 0 Å². The molecule has 1 atom stereocenters. The lowest BCUT2D eigenvalue weighted by atomic mass is 10.1. The standard InChI is InChI=1S/C13H13BrO3S/c1-16-10-4-3-8(7-9(10)14)12(15)13-11(17-2)5-6-18-13/h3-7,12,15H,1-2H3. The Kier molecular flexibility index (Phi) is 4.27. The van der Waals surface area contributed by atoms with E-state index in [-0.39, 0.29) is 0 Å². The number of methoxy groups -OCH3 is 2. The van der Waals surface area contributed by atoms with Crippen LogP contribution in [0.5, 0.6) is 11.5 Å². The summed E-state index contributed by atoms with van der Waals surface area (Å²) in [7, 11) is 3.21. The molecule has 0 aliphatic carbocycles. The quantitative estimate of drug-likeness (QED) is 0.931. The summed E-state index contributed by atoms with van der Waals surface area (Å²) in [5, 5.41) is 12.2. The van der Waals surface area contributed by atoms with Gasteiger partial charge in [-0.25, -0.2) is 0 Å². The molecular formula is C13H13BrO3S. The molecule has 2 aromatic rings. The molecule has 1 heterocycles. The molecule has 5 heteroatoms. The van der Waals surface area contributed by atoms with Crippen molar-refractivity contribution in [3.8, 4) is 11.5 Å². The molecule has 0 aliphatic rings. The van der Waals surface area contributed by atoms with Crippen LogP contribution in [0.25, 0.3) is 0 Å². The van der Waals surface area contributed by atoms with E-state index in [9.17, 15) is 5.11 Å². The van der Waals surface area contributed by atoms with Crippen molar-refractivity contribution in [2.45, 2.75) is 6.10 Å². The van der Waals surface area contributed by atoms with Crippen molar-refractivity contribution < 1.29 is 14.6 Å². The number of thiophene rings is 1. The Morgan fingerprint density at radius 3 is 2.50 bits per heavy atom. The van der Waals surface area contributed by atoms with Crippen molar-refractivity contribution in [2.75, 3.05) is 14.2 Å². The number of hydrogen-bond acceptors (Lipinski definition) is 4. The van der Waals surface area contributed by atoms with Crippen molar-refractivity contribution in [3.63, 3.8) is 0 Å². The Morgan fingerprint density at radius 1 is 1.17 bits per heavy atom. The first-order valence-electron chi connectivity index (χ1n) is 5.30. The molecule has 1 unspecified atom stereocenters. The number of aliphatic hydroxyl groups excluding tert-OH is 1. The van der Waals surface area contributed by atoms with Crippen molar-refractivity contribution in [2.24, 2.45) is 0 Å². The molecule has 1 aromatic carbocycles. The highest BCUT2D eigenvalue weighted by Gasteiger charge is 2.17. The number of rotatable bonds is 4. The van der Waals surface area contributed by atoms with Crippen LogP contribution in [0.15, 0.2) is 34.1 Å². The fourth-order valence-corrected chi connectivity index (χ4v) is 3.11. The van der Waals surface area contributed by atoms with E-state index in [1.165, 1.54) is 11.3 Å². The predicted molar refractivity (Wildman–Crippen MR) is 75.6 cm³/mol. The fraction of sp³-hybridized carbons (Fsp3) is 0.231. The molecule has 1 N–H and O–H groups in total. The molecule has 0 aliphatic heterocycles. The van der Waals surface area contributed by atoms with Crippen LogP contribution >= 0.6 is 27.3 Å². The SMILES string of the molecule is COc1ccc(C(O)c2sccc2OC)cc1Br. The third kappa shape index (κ3) is 2.53. The Morgan fingerprint density at radius 2 is 1.89 bits per heavy atom. The lowest BCUT2D eigenvalue weighted by Gasteiger charge is -2.13. The molecule has 2 rings (SSSR count). The maximum Gasteiger partial charge on any atom is 0.135 e. The van der Waals surface area contributed by atoms with Gasteiger partial charge in [0.15, 0.2) is 0 Å². The van der Waals surface area contributed by atoms with Gasteiger partial charge in [0.2, 0.25) is 0 Å². The van der Waals surface area contributed by atoms with Crippen LogP contribution in [0.2, 0.25) is 0 Å². The number of benzene rings is 1. The topological polar surface area (TPSA) is 38.7 Å². The van der Waals surface area contributed by atoms with E-state index in [1.807, 2.05) is 29.6 Å². The normalized spacial score (nSPS) is 12.2. The van der Waals surface area contributed by atoms with Gasteiger partial charge in [-0.15, -0.1) is 11.3 Å². The van der Waals surface area contributed by atoms with Crippen LogP contribution in [-0.2, 0) is 0 Å². The van der Waals surface area contributed by atoms with E-state index in [1.54, 1.807) is 14.2 Å². The average molecular weight is 329 g/mol. The summed E-state index contributed by atoms with van der Waals surface area (Å²) in [5.74, 6) is 1.45. The molecule has 3 nitrogen and oxygen atoms in total. The second kappa shape index (κ2) is 5.73. The monoisotopic (exact) mass is 328 g/mol. The second-order valence-electron chi connectivity index (χ2n) is 3.65. The molecule has 0 bridgehead atoms. The van der Waals surface area contributed by atoms with E-state index in [0.29, 0.717) is 5.75 Å². The zero-order chi connectivity index (χ0) is 13.1. The van der Waals surface area contributed by atoms with Crippen LogP contribution in [0.3, 0.4) is 0 Å². The van der Waals surface area contributed by atoms with E-state index in [2.05, 4.69) is 15.9 Å². The molecule has 0 fully saturated rings. The molecular weight excluding hydrogens is 316 g/mol. The van der Waals surface area contributed by atoms with Crippen LogP contribution < -0.4 is 9.47 Å². The summed E-state index contributed by atoms with van der Waals surface area (Å²) in [4.78, 5) is 0.801. The lowest BCUT2D eigenvalue weighted by Crippen LogP contribution is -1.99. The summed E-state index contributed by atoms with van der Waals surface area (Å²) < 4.78 is 11.2. The van der Waals surface area contributed by atoms with Crippen molar-refractivity contribution in [1.82, 2.24) is 0 Å². The van der Waals surface area contributed by atoms with Gasteiger partial charge in [-0.3, -0.25) is 0 Å². The highest BCUT2D eigenvalue weighted by molar-refractivity contribution is 9.10. The highest BCUT2D eigenvalue weighted by atomic mass is 79.9. The molecule has 0 radical (unpaired) electrons. The van der Waals surface area contributed by atoms with Crippen LogP contribution in [0, 0.1) is 0 Å². The first-order chi connectivity index (χ1) is 8.67. The third-order valence-electron chi connectivity index (χ3n) is 2.62. The number of hydrogen-bond donors (Lipinski definition) is 1. The Bertz CT molecular complexity index is 539. The molecule has 1 aromatic heterocycles. The predicted octanol–water partition coefficient (Wildman–Crippen LogP) is 3.61. The van der Waals surface area contributed by atoms with Crippen LogP contribution in [0.4, 0.5) is 0 Å². The summed E-state index contributed by atoms with van der Waals surface area (Å²) in [6.07, 6.45) is -0.692. The average Bonchev–Trinajstić information content (AvgIpc) is 2.86. The minimum Gasteiger partial charge on any atom is -0.496 e. The molecule has 18 heavy (non-hydrogen) atoms. The van der Waals surface area contributed by atoms with Gasteiger partial charge in [0.25, 0.3) is 0 Å². The van der Waals surface area contributed by atoms with Gasteiger partial charge in [-0.2, -0.15) is 0 Å². The van der Waals surface area contributed by atoms with E-state index in [4.69, 9.17) is 9.47 Å². The van der Waals surface area contributed by atoms with E-state index in [0.717, 1.165) is 20.7 Å². The molecule has 0 spiro atoms. The molecule has 0 saturated carbocycles. The first-order valence-corrected chi connectivity index (χ1v) is 6.97. The second-order valence-corrected chi connectivity index (χ2v) is 5.45. The fourth-order valence-electron chi connectivity index (χ4n) is 1.68. The van der Waals surface area contributed by atoms with Gasteiger partial charge in [0.1, 0.15) is 17.6 Å². The first kappa shape index (κ1) is 13.4. The summed E-state index contributed by atoms with van der Waals surface area (Å²) >= 11 is 4.88. The smallest absolute Gasteiger partial charge is 0.135 e. The largest absolute Gasteiger partial charge is 0.496 e. The van der Waals surface area contributed by atoms with Gasteiger partial charge < -0.3 is 14.6 Å². The minimum absolute atomic E-state index is 0.692. The summed E-state index contributed by atoms with van der Waals surface area (Å²) in [6.45, 7) is 0.